The van der Waals surface area contributed by atoms with Gasteiger partial charge in [0.1, 0.15) is 47.1 Å². The molecule has 0 unspecified atom stereocenters. The molecule has 12 nitrogen and oxygen atoms in total. The summed E-state index contributed by atoms with van der Waals surface area (Å²) in [4.78, 5) is 34.0. The van der Waals surface area contributed by atoms with Crippen molar-refractivity contribution in [1.82, 2.24) is 39.9 Å². The van der Waals surface area contributed by atoms with E-state index in [0.29, 0.717) is 45.6 Å². The Morgan fingerprint density at radius 1 is 0.341 bits per heavy atom. The minimum absolute atomic E-state index is 0.0252. The Morgan fingerprint density at radius 3 is 0.727 bits per heavy atom. The van der Waals surface area contributed by atoms with Gasteiger partial charge in [-0.05, 0) is 48.5 Å². The Hall–Kier alpha value is -7.28. The van der Waals surface area contributed by atoms with Crippen LogP contribution in [0.1, 0.15) is 22.8 Å². The van der Waals surface area contributed by atoms with Crippen molar-refractivity contribution in [2.45, 2.75) is 0 Å². The van der Waals surface area contributed by atoms with Crippen molar-refractivity contribution in [1.29, 1.82) is 21.0 Å². The van der Waals surface area contributed by atoms with Crippen LogP contribution in [0.25, 0.3) is 45.6 Å². The van der Waals surface area contributed by atoms with Crippen LogP contribution in [0.5, 0.6) is 0 Å². The average molecular weight is 569 g/mol. The second-order valence-electron chi connectivity index (χ2n) is 8.54. The fourth-order valence-corrected chi connectivity index (χ4v) is 3.91. The fourth-order valence-electron chi connectivity index (χ4n) is 3.91. The maximum absolute atomic E-state index is 9.14. The van der Waals surface area contributed by atoms with Crippen molar-refractivity contribution in [3.05, 3.63) is 120 Å². The molecule has 12 heteroatoms. The Bertz CT molecular complexity index is 1780. The van der Waals surface area contributed by atoms with Crippen LogP contribution >= 0.6 is 0 Å². The van der Waals surface area contributed by atoms with Crippen molar-refractivity contribution in [2.24, 2.45) is 0 Å². The third-order valence-corrected chi connectivity index (χ3v) is 5.85. The predicted molar refractivity (Wildman–Crippen MR) is 156 cm³/mol. The first-order chi connectivity index (χ1) is 21.7. The first-order valence-electron chi connectivity index (χ1n) is 12.8. The fraction of sp³-hybridized carbons (Fsp3) is 0. The maximum Gasteiger partial charge on any atom is 0.177 e. The van der Waals surface area contributed by atoms with Gasteiger partial charge in [0.25, 0.3) is 0 Å². The molecule has 6 rings (SSSR count). The number of rotatable bonds is 4. The zero-order valence-corrected chi connectivity index (χ0v) is 22.6. The van der Waals surface area contributed by atoms with Crippen LogP contribution < -0.4 is 0 Å². The van der Waals surface area contributed by atoms with Crippen LogP contribution in [0.2, 0.25) is 0 Å². The normalized spacial score (nSPS) is 9.73. The second kappa shape index (κ2) is 13.4. The highest BCUT2D eigenvalue weighted by atomic mass is 14.9. The van der Waals surface area contributed by atoms with Gasteiger partial charge in [-0.3, -0.25) is 19.9 Å². The molecule has 44 heavy (non-hydrogen) atoms. The lowest BCUT2D eigenvalue weighted by molar-refractivity contribution is 1.11. The van der Waals surface area contributed by atoms with Crippen LogP contribution in [-0.4, -0.2) is 39.9 Å². The van der Waals surface area contributed by atoms with Gasteiger partial charge >= 0.3 is 0 Å². The molecule has 0 aromatic carbocycles. The zero-order valence-electron chi connectivity index (χ0n) is 22.6. The molecule has 0 saturated heterocycles. The van der Waals surface area contributed by atoms with E-state index in [1.807, 2.05) is 48.5 Å². The molecular formula is C32H16N12. The molecule has 0 atom stereocenters. The van der Waals surface area contributed by atoms with Gasteiger partial charge in [0, 0.05) is 24.8 Å². The quantitative estimate of drug-likeness (QED) is 0.285. The number of hydrogen-bond acceptors (Lipinski definition) is 12. The van der Waals surface area contributed by atoms with Crippen molar-refractivity contribution >= 4 is 0 Å². The van der Waals surface area contributed by atoms with Crippen molar-refractivity contribution < 1.29 is 0 Å². The largest absolute Gasteiger partial charge is 0.255 e. The van der Waals surface area contributed by atoms with Crippen LogP contribution in [0.3, 0.4) is 0 Å². The lowest BCUT2D eigenvalue weighted by Gasteiger charge is -2.08. The molecular weight excluding hydrogens is 552 g/mol. The van der Waals surface area contributed by atoms with Gasteiger partial charge in [-0.15, -0.1) is 0 Å². The Labute approximate surface area is 251 Å². The predicted octanol–water partition coefficient (Wildman–Crippen LogP) is 4.69. The van der Waals surface area contributed by atoms with Gasteiger partial charge in [-0.2, -0.15) is 21.0 Å². The Balaban J connectivity index is 0.000000175. The van der Waals surface area contributed by atoms with Crippen LogP contribution in [0.15, 0.2) is 97.6 Å². The molecule has 0 bridgehead atoms. The van der Waals surface area contributed by atoms with E-state index in [0.717, 1.165) is 0 Å². The molecule has 0 amide bonds. The van der Waals surface area contributed by atoms with Crippen LogP contribution in [0.4, 0.5) is 0 Å². The summed E-state index contributed by atoms with van der Waals surface area (Å²) in [6.45, 7) is 0. The molecule has 0 aliphatic rings. The molecule has 0 N–H and O–H groups in total. The lowest BCUT2D eigenvalue weighted by atomic mass is 10.1. The van der Waals surface area contributed by atoms with Gasteiger partial charge in [0.15, 0.2) is 22.8 Å². The van der Waals surface area contributed by atoms with Gasteiger partial charge in [0.2, 0.25) is 0 Å². The number of aromatic nitrogens is 8. The summed E-state index contributed by atoms with van der Waals surface area (Å²) in [6, 6.07) is 29.0. The molecule has 204 valence electrons. The number of pyridine rings is 4. The van der Waals surface area contributed by atoms with E-state index in [9.17, 15) is 0 Å². The van der Waals surface area contributed by atoms with Crippen LogP contribution in [-0.2, 0) is 0 Å². The van der Waals surface area contributed by atoms with E-state index in [1.54, 1.807) is 73.3 Å². The Morgan fingerprint density at radius 2 is 0.568 bits per heavy atom. The van der Waals surface area contributed by atoms with E-state index in [4.69, 9.17) is 21.0 Å². The molecule has 6 heterocycles. The topological polar surface area (TPSA) is 198 Å². The van der Waals surface area contributed by atoms with Crippen molar-refractivity contribution in [2.75, 3.05) is 0 Å². The highest BCUT2D eigenvalue weighted by Gasteiger charge is 2.19. The number of nitriles is 4. The smallest absolute Gasteiger partial charge is 0.177 e. The van der Waals surface area contributed by atoms with Crippen molar-refractivity contribution in [3.8, 4) is 69.8 Å². The number of nitrogens with zero attached hydrogens (tertiary/aromatic N) is 12. The molecule has 0 radical (unpaired) electrons. The van der Waals surface area contributed by atoms with Crippen LogP contribution in [0, 0.1) is 45.3 Å². The summed E-state index contributed by atoms with van der Waals surface area (Å²) >= 11 is 0. The average Bonchev–Trinajstić information content (AvgIpc) is 3.12. The van der Waals surface area contributed by atoms with E-state index < -0.39 is 0 Å². The second-order valence-corrected chi connectivity index (χ2v) is 8.54. The van der Waals surface area contributed by atoms with Gasteiger partial charge in [-0.1, -0.05) is 24.3 Å². The molecule has 0 fully saturated rings. The summed E-state index contributed by atoms with van der Waals surface area (Å²) in [5.74, 6) is 0. The highest BCUT2D eigenvalue weighted by molar-refractivity contribution is 5.76. The van der Waals surface area contributed by atoms with E-state index in [1.165, 1.54) is 0 Å². The maximum atomic E-state index is 9.14. The summed E-state index contributed by atoms with van der Waals surface area (Å²) in [6.07, 6.45) is 6.51. The first kappa shape index (κ1) is 28.3. The van der Waals surface area contributed by atoms with Crippen molar-refractivity contribution in [3.63, 3.8) is 0 Å². The van der Waals surface area contributed by atoms with Gasteiger partial charge in [-0.25, -0.2) is 19.9 Å². The van der Waals surface area contributed by atoms with Gasteiger partial charge in [0.05, 0.1) is 22.8 Å². The standard InChI is InChI=1S/2C16H8N6/c2*17-9-13-14(10-18)22-16(12-6-2-4-8-20-12)15(21-13)11-5-1-3-7-19-11/h2*1-8H. The summed E-state index contributed by atoms with van der Waals surface area (Å²) in [7, 11) is 0. The third kappa shape index (κ3) is 6.06. The van der Waals surface area contributed by atoms with E-state index in [-0.39, 0.29) is 22.8 Å². The van der Waals surface area contributed by atoms with E-state index >= 15 is 0 Å². The summed E-state index contributed by atoms with van der Waals surface area (Å²) < 4.78 is 0. The van der Waals surface area contributed by atoms with Gasteiger partial charge < -0.3 is 0 Å². The lowest BCUT2D eigenvalue weighted by Crippen LogP contribution is -2.02. The minimum Gasteiger partial charge on any atom is -0.255 e. The monoisotopic (exact) mass is 568 g/mol. The highest BCUT2D eigenvalue weighted by Crippen LogP contribution is 2.28. The summed E-state index contributed by atoms with van der Waals surface area (Å²) in [5, 5.41) is 36.6. The van der Waals surface area contributed by atoms with E-state index in [2.05, 4.69) is 39.9 Å². The molecule has 0 saturated carbocycles. The zero-order chi connectivity index (χ0) is 30.7. The molecule has 0 aliphatic carbocycles. The molecule has 6 aromatic heterocycles. The Kier molecular flexibility index (Phi) is 8.60. The third-order valence-electron chi connectivity index (χ3n) is 5.85. The molecule has 6 aromatic rings. The molecule has 0 spiro atoms. The first-order valence-corrected chi connectivity index (χ1v) is 12.8. The minimum atomic E-state index is -0.0252. The SMILES string of the molecule is N#Cc1nc(-c2ccccn2)c(-c2ccccn2)nc1C#N.N#Cc1nc(-c2ccccn2)c(-c2ccccn2)nc1C#N. The molecule has 0 aliphatic heterocycles. The number of hydrogen-bond donors (Lipinski definition) is 0. The summed E-state index contributed by atoms with van der Waals surface area (Å²) in [5.41, 5.74) is 3.87.